The van der Waals surface area contributed by atoms with Crippen molar-refractivity contribution >= 4 is 23.5 Å². The zero-order valence-electron chi connectivity index (χ0n) is 15.1. The van der Waals surface area contributed by atoms with Gasteiger partial charge in [-0.3, -0.25) is 14.5 Å². The molecule has 0 fully saturated rings. The summed E-state index contributed by atoms with van der Waals surface area (Å²) >= 11 is 0. The lowest BCUT2D eigenvalue weighted by atomic mass is 10.1. The van der Waals surface area contributed by atoms with Gasteiger partial charge >= 0.3 is 5.97 Å². The van der Waals surface area contributed by atoms with Gasteiger partial charge in [0.1, 0.15) is 18.0 Å². The standard InChI is InChI=1S/C20H20N2O6/c23-18(11-22-16-3-1-2-4-17(16)28-12-19(22)24)21-10-9-14-5-7-15(8-6-14)27-13-20(25)26/h1-8H,9-13H2,(H,21,23)(H,25,26). The van der Waals surface area contributed by atoms with Crippen molar-refractivity contribution in [3.63, 3.8) is 0 Å². The van der Waals surface area contributed by atoms with Crippen LogP contribution in [0.2, 0.25) is 0 Å². The van der Waals surface area contributed by atoms with Gasteiger partial charge in [0.25, 0.3) is 5.91 Å². The number of aliphatic carboxylic acids is 1. The van der Waals surface area contributed by atoms with Crippen molar-refractivity contribution in [3.8, 4) is 11.5 Å². The second-order valence-corrected chi connectivity index (χ2v) is 6.16. The highest BCUT2D eigenvalue weighted by molar-refractivity contribution is 6.02. The molecule has 0 unspecified atom stereocenters. The highest BCUT2D eigenvalue weighted by atomic mass is 16.5. The number of carbonyl (C=O) groups is 3. The van der Waals surface area contributed by atoms with E-state index in [1.54, 1.807) is 30.3 Å². The van der Waals surface area contributed by atoms with Crippen LogP contribution in [0, 0.1) is 0 Å². The number of anilines is 1. The fourth-order valence-electron chi connectivity index (χ4n) is 2.77. The molecule has 28 heavy (non-hydrogen) atoms. The zero-order valence-corrected chi connectivity index (χ0v) is 15.1. The molecule has 0 radical (unpaired) electrons. The number of hydrogen-bond donors (Lipinski definition) is 2. The molecule has 2 aromatic rings. The maximum absolute atomic E-state index is 12.2. The van der Waals surface area contributed by atoms with Crippen LogP contribution >= 0.6 is 0 Å². The van der Waals surface area contributed by atoms with Gasteiger partial charge < -0.3 is 19.9 Å². The Balaban J connectivity index is 1.47. The van der Waals surface area contributed by atoms with Gasteiger partial charge in [0.2, 0.25) is 5.91 Å². The molecule has 0 saturated heterocycles. The summed E-state index contributed by atoms with van der Waals surface area (Å²) in [7, 11) is 0. The molecule has 0 aliphatic carbocycles. The van der Waals surface area contributed by atoms with Crippen LogP contribution in [0.15, 0.2) is 48.5 Å². The number of carboxylic acid groups (broad SMARTS) is 1. The van der Waals surface area contributed by atoms with E-state index in [1.807, 2.05) is 18.2 Å². The number of nitrogens with zero attached hydrogens (tertiary/aromatic N) is 1. The second-order valence-electron chi connectivity index (χ2n) is 6.16. The number of fused-ring (bicyclic) bond motifs is 1. The minimum atomic E-state index is -1.03. The van der Waals surface area contributed by atoms with Crippen molar-refractivity contribution in [1.29, 1.82) is 0 Å². The second kappa shape index (κ2) is 8.90. The first-order valence-corrected chi connectivity index (χ1v) is 8.75. The molecule has 3 rings (SSSR count). The molecular weight excluding hydrogens is 364 g/mol. The lowest BCUT2D eigenvalue weighted by Gasteiger charge is -2.28. The molecule has 8 nitrogen and oxygen atoms in total. The van der Waals surface area contributed by atoms with E-state index in [9.17, 15) is 14.4 Å². The van der Waals surface area contributed by atoms with Gasteiger partial charge in [-0.15, -0.1) is 0 Å². The van der Waals surface area contributed by atoms with E-state index in [0.29, 0.717) is 30.2 Å². The summed E-state index contributed by atoms with van der Waals surface area (Å²) in [6.07, 6.45) is 0.596. The topological polar surface area (TPSA) is 105 Å². The molecule has 1 heterocycles. The molecule has 1 aliphatic rings. The van der Waals surface area contributed by atoms with Gasteiger partial charge in [-0.1, -0.05) is 24.3 Å². The largest absolute Gasteiger partial charge is 0.482 e. The Bertz CT molecular complexity index is 865. The number of rotatable bonds is 8. The summed E-state index contributed by atoms with van der Waals surface area (Å²) < 4.78 is 10.4. The van der Waals surface area contributed by atoms with E-state index in [4.69, 9.17) is 14.6 Å². The van der Waals surface area contributed by atoms with E-state index in [1.165, 1.54) is 4.90 Å². The minimum Gasteiger partial charge on any atom is -0.482 e. The first-order chi connectivity index (χ1) is 13.5. The molecule has 2 amide bonds. The van der Waals surface area contributed by atoms with Gasteiger partial charge in [-0.05, 0) is 36.2 Å². The monoisotopic (exact) mass is 384 g/mol. The number of para-hydroxylation sites is 2. The molecule has 0 aromatic heterocycles. The number of benzene rings is 2. The van der Waals surface area contributed by atoms with Crippen LogP contribution in [-0.2, 0) is 20.8 Å². The van der Waals surface area contributed by atoms with Crippen molar-refractivity contribution in [3.05, 3.63) is 54.1 Å². The Morgan fingerprint density at radius 2 is 1.89 bits per heavy atom. The maximum Gasteiger partial charge on any atom is 0.341 e. The third-order valence-corrected chi connectivity index (χ3v) is 4.13. The summed E-state index contributed by atoms with van der Waals surface area (Å²) in [6, 6.07) is 14.1. The van der Waals surface area contributed by atoms with Crippen LogP contribution in [-0.4, -0.2) is 49.2 Å². The molecule has 0 atom stereocenters. The van der Waals surface area contributed by atoms with Crippen LogP contribution in [0.3, 0.4) is 0 Å². The summed E-state index contributed by atoms with van der Waals surface area (Å²) in [5.74, 6) is -0.495. The van der Waals surface area contributed by atoms with Crippen LogP contribution < -0.4 is 19.7 Å². The zero-order chi connectivity index (χ0) is 19.9. The summed E-state index contributed by atoms with van der Waals surface area (Å²) in [5.41, 5.74) is 1.56. The Morgan fingerprint density at radius 1 is 1.14 bits per heavy atom. The van der Waals surface area contributed by atoms with Crippen LogP contribution in [0.1, 0.15) is 5.56 Å². The molecule has 0 bridgehead atoms. The highest BCUT2D eigenvalue weighted by Crippen LogP contribution is 2.31. The number of amides is 2. The molecule has 2 N–H and O–H groups in total. The third kappa shape index (κ3) is 5.00. The Kier molecular flexibility index (Phi) is 6.11. The predicted octanol–water partition coefficient (Wildman–Crippen LogP) is 1.23. The maximum atomic E-state index is 12.2. The summed E-state index contributed by atoms with van der Waals surface area (Å²) in [5, 5.41) is 11.4. The first-order valence-electron chi connectivity index (χ1n) is 8.75. The first kappa shape index (κ1) is 19.2. The molecule has 2 aromatic carbocycles. The summed E-state index contributed by atoms with van der Waals surface area (Å²) in [6.45, 7) is -0.130. The van der Waals surface area contributed by atoms with Crippen molar-refractivity contribution in [1.82, 2.24) is 5.32 Å². The van der Waals surface area contributed by atoms with Gasteiger partial charge in [0.05, 0.1) is 5.69 Å². The molecule has 8 heteroatoms. The quantitative estimate of drug-likeness (QED) is 0.709. The van der Waals surface area contributed by atoms with Crippen LogP contribution in [0.25, 0.3) is 0 Å². The molecule has 146 valence electrons. The average molecular weight is 384 g/mol. The number of carboxylic acids is 1. The smallest absolute Gasteiger partial charge is 0.341 e. The molecule has 1 aliphatic heterocycles. The lowest BCUT2D eigenvalue weighted by molar-refractivity contribution is -0.139. The number of nitrogens with one attached hydrogen (secondary N) is 1. The predicted molar refractivity (Wildman–Crippen MR) is 101 cm³/mol. The number of ether oxygens (including phenoxy) is 2. The van der Waals surface area contributed by atoms with E-state index >= 15 is 0 Å². The Morgan fingerprint density at radius 3 is 2.64 bits per heavy atom. The van der Waals surface area contributed by atoms with Crippen molar-refractivity contribution in [2.45, 2.75) is 6.42 Å². The van der Waals surface area contributed by atoms with E-state index in [-0.39, 0.29) is 25.0 Å². The Hall–Kier alpha value is -3.55. The minimum absolute atomic E-state index is 0.0683. The van der Waals surface area contributed by atoms with Crippen molar-refractivity contribution < 1.29 is 29.0 Å². The molecule has 0 saturated carbocycles. The van der Waals surface area contributed by atoms with Crippen molar-refractivity contribution in [2.75, 3.05) is 31.2 Å². The van der Waals surface area contributed by atoms with Crippen LogP contribution in [0.4, 0.5) is 5.69 Å². The molecule has 0 spiro atoms. The number of carbonyl (C=O) groups excluding carboxylic acids is 2. The normalized spacial score (nSPS) is 12.7. The van der Waals surface area contributed by atoms with Crippen molar-refractivity contribution in [2.24, 2.45) is 0 Å². The van der Waals surface area contributed by atoms with Crippen LogP contribution in [0.5, 0.6) is 11.5 Å². The van der Waals surface area contributed by atoms with Gasteiger partial charge in [-0.2, -0.15) is 0 Å². The number of hydrogen-bond acceptors (Lipinski definition) is 5. The van der Waals surface area contributed by atoms with E-state index in [0.717, 1.165) is 5.56 Å². The Labute approximate surface area is 161 Å². The van der Waals surface area contributed by atoms with E-state index in [2.05, 4.69) is 5.32 Å². The van der Waals surface area contributed by atoms with E-state index < -0.39 is 12.6 Å². The molecular formula is C20H20N2O6. The lowest BCUT2D eigenvalue weighted by Crippen LogP contribution is -2.45. The summed E-state index contributed by atoms with van der Waals surface area (Å²) in [4.78, 5) is 36.2. The fourth-order valence-corrected chi connectivity index (χ4v) is 2.77. The highest BCUT2D eigenvalue weighted by Gasteiger charge is 2.26. The van der Waals surface area contributed by atoms with Gasteiger partial charge in [-0.25, -0.2) is 4.79 Å². The van der Waals surface area contributed by atoms with Gasteiger partial charge in [0, 0.05) is 6.54 Å². The third-order valence-electron chi connectivity index (χ3n) is 4.13. The SMILES string of the molecule is O=C(O)COc1ccc(CCNC(=O)CN2C(=O)COc3ccccc32)cc1. The fraction of sp³-hybridized carbons (Fsp3) is 0.250. The van der Waals surface area contributed by atoms with Gasteiger partial charge in [0.15, 0.2) is 13.2 Å². The average Bonchev–Trinajstić information content (AvgIpc) is 2.69.